The Morgan fingerprint density at radius 2 is 1.27 bits per heavy atom. The summed E-state index contributed by atoms with van der Waals surface area (Å²) in [5, 5.41) is 3.22. The molecule has 0 aromatic carbocycles. The summed E-state index contributed by atoms with van der Waals surface area (Å²) in [6, 6.07) is 0.870. The summed E-state index contributed by atoms with van der Waals surface area (Å²) < 4.78 is 0. The van der Waals surface area contributed by atoms with E-state index < -0.39 is 0 Å². The quantitative estimate of drug-likeness (QED) is 0.358. The van der Waals surface area contributed by atoms with Crippen molar-refractivity contribution in [1.29, 1.82) is 0 Å². The summed E-state index contributed by atoms with van der Waals surface area (Å²) >= 11 is 0. The number of carbonyl (C=O) groups is 1. The Hall–Kier alpha value is -0.570. The van der Waals surface area contributed by atoms with Gasteiger partial charge in [0.1, 0.15) is 0 Å². The number of amides is 1. The van der Waals surface area contributed by atoms with Crippen molar-refractivity contribution in [3.8, 4) is 0 Å². The Balaban J connectivity index is 1.28. The molecule has 0 aromatic heterocycles. The van der Waals surface area contributed by atoms with Crippen LogP contribution >= 0.6 is 0 Å². The molecule has 3 N–H and O–H groups in total. The molecule has 0 aromatic rings. The maximum absolute atomic E-state index is 12.0. The number of hydrogen-bond donors (Lipinski definition) is 2. The zero-order valence-electron chi connectivity index (χ0n) is 17.4. The summed E-state index contributed by atoms with van der Waals surface area (Å²) in [4.78, 5) is 12.0. The molecule has 0 saturated heterocycles. The molecule has 0 atom stereocenters. The predicted molar refractivity (Wildman–Crippen MR) is 111 cm³/mol. The van der Waals surface area contributed by atoms with Crippen molar-refractivity contribution < 1.29 is 4.79 Å². The van der Waals surface area contributed by atoms with Gasteiger partial charge in [0.05, 0.1) is 0 Å². The summed E-state index contributed by atoms with van der Waals surface area (Å²) in [7, 11) is 0. The van der Waals surface area contributed by atoms with Crippen molar-refractivity contribution in [3.63, 3.8) is 0 Å². The van der Waals surface area contributed by atoms with Gasteiger partial charge in [0.15, 0.2) is 0 Å². The molecule has 2 aliphatic carbocycles. The van der Waals surface area contributed by atoms with E-state index in [-0.39, 0.29) is 5.91 Å². The van der Waals surface area contributed by atoms with E-state index in [0.717, 1.165) is 12.8 Å². The highest BCUT2D eigenvalue weighted by Gasteiger charge is 2.51. The number of carbonyl (C=O) groups excluding carboxylic acids is 1. The van der Waals surface area contributed by atoms with Crippen LogP contribution in [0.5, 0.6) is 0 Å². The molecular weight excluding hydrogens is 320 g/mol. The lowest BCUT2D eigenvalue weighted by molar-refractivity contribution is -0.124. The first kappa shape index (κ1) is 21.7. The summed E-state index contributed by atoms with van der Waals surface area (Å²) in [6.45, 7) is 2.28. The molecule has 2 saturated carbocycles. The monoisotopic (exact) mass is 364 g/mol. The van der Waals surface area contributed by atoms with Gasteiger partial charge in [0, 0.05) is 18.5 Å². The predicted octanol–water partition coefficient (Wildman–Crippen LogP) is 5.85. The maximum atomic E-state index is 12.0. The van der Waals surface area contributed by atoms with Crippen LogP contribution in [0.4, 0.5) is 0 Å². The van der Waals surface area contributed by atoms with Gasteiger partial charge in [-0.15, -0.1) is 0 Å². The van der Waals surface area contributed by atoms with E-state index in [2.05, 4.69) is 12.2 Å². The van der Waals surface area contributed by atoms with E-state index in [4.69, 9.17) is 5.73 Å². The molecule has 0 heterocycles. The first-order valence-electron chi connectivity index (χ1n) is 11.7. The van der Waals surface area contributed by atoms with Gasteiger partial charge in [-0.3, -0.25) is 4.79 Å². The summed E-state index contributed by atoms with van der Waals surface area (Å²) in [5.41, 5.74) is 6.41. The number of unbranched alkanes of at least 4 members (excludes halogenated alkanes) is 12. The van der Waals surface area contributed by atoms with Crippen molar-refractivity contribution in [1.82, 2.24) is 5.32 Å². The standard InChI is InChI=1S/C23H44N2O/c1-2-3-4-5-6-7-8-9-10-11-12-13-14-15-22(26)25-21-18-23(19-21)16-20(24)17-23/h20-21H,2-19,24H2,1H3,(H,25,26). The van der Waals surface area contributed by atoms with Crippen molar-refractivity contribution in [2.24, 2.45) is 11.1 Å². The normalized spacial score (nSPS) is 27.2. The first-order chi connectivity index (χ1) is 12.6. The fourth-order valence-electron chi connectivity index (χ4n) is 5.08. The SMILES string of the molecule is CCCCCCCCCCCCCCCC(=O)NC1CC2(CC(N)C2)C1. The van der Waals surface area contributed by atoms with Gasteiger partial charge in [0.2, 0.25) is 5.91 Å². The van der Waals surface area contributed by atoms with Crippen LogP contribution in [-0.4, -0.2) is 18.0 Å². The van der Waals surface area contributed by atoms with Crippen LogP contribution < -0.4 is 11.1 Å². The Bertz CT molecular complexity index is 382. The van der Waals surface area contributed by atoms with Crippen LogP contribution in [0.3, 0.4) is 0 Å². The third kappa shape index (κ3) is 7.98. The molecule has 2 aliphatic rings. The summed E-state index contributed by atoms with van der Waals surface area (Å²) in [6.07, 6.45) is 23.0. The average molecular weight is 365 g/mol. The van der Waals surface area contributed by atoms with Crippen LogP contribution in [0.15, 0.2) is 0 Å². The van der Waals surface area contributed by atoms with E-state index in [1.165, 1.54) is 103 Å². The van der Waals surface area contributed by atoms with E-state index in [1.54, 1.807) is 0 Å². The van der Waals surface area contributed by atoms with Crippen molar-refractivity contribution in [2.75, 3.05) is 0 Å². The highest BCUT2D eigenvalue weighted by atomic mass is 16.1. The van der Waals surface area contributed by atoms with Gasteiger partial charge in [-0.05, 0) is 37.5 Å². The zero-order valence-corrected chi connectivity index (χ0v) is 17.4. The molecule has 0 bridgehead atoms. The second-order valence-electron chi connectivity index (χ2n) is 9.33. The van der Waals surface area contributed by atoms with Crippen molar-refractivity contribution in [3.05, 3.63) is 0 Å². The van der Waals surface area contributed by atoms with Gasteiger partial charge < -0.3 is 11.1 Å². The minimum atomic E-state index is 0.275. The van der Waals surface area contributed by atoms with Gasteiger partial charge in [-0.2, -0.15) is 0 Å². The lowest BCUT2D eigenvalue weighted by Gasteiger charge is -2.57. The van der Waals surface area contributed by atoms with Crippen LogP contribution in [0, 0.1) is 5.41 Å². The number of hydrogen-bond acceptors (Lipinski definition) is 2. The van der Waals surface area contributed by atoms with Crippen LogP contribution in [0.2, 0.25) is 0 Å². The van der Waals surface area contributed by atoms with Gasteiger partial charge in [-0.25, -0.2) is 0 Å². The fourth-order valence-corrected chi connectivity index (χ4v) is 5.08. The van der Waals surface area contributed by atoms with E-state index in [9.17, 15) is 4.79 Å². The second kappa shape index (κ2) is 12.0. The molecular formula is C23H44N2O. The van der Waals surface area contributed by atoms with E-state index in [0.29, 0.717) is 17.5 Å². The smallest absolute Gasteiger partial charge is 0.220 e. The fraction of sp³-hybridized carbons (Fsp3) is 0.957. The van der Waals surface area contributed by atoms with Gasteiger partial charge in [-0.1, -0.05) is 84.0 Å². The molecule has 1 spiro atoms. The molecule has 0 aliphatic heterocycles. The average Bonchev–Trinajstić information content (AvgIpc) is 2.56. The Kier molecular flexibility index (Phi) is 10.0. The molecule has 3 heteroatoms. The maximum Gasteiger partial charge on any atom is 0.220 e. The molecule has 2 rings (SSSR count). The largest absolute Gasteiger partial charge is 0.353 e. The van der Waals surface area contributed by atoms with Crippen molar-refractivity contribution in [2.45, 2.75) is 135 Å². The molecule has 152 valence electrons. The number of nitrogens with two attached hydrogens (primary N) is 1. The molecule has 0 unspecified atom stereocenters. The Morgan fingerprint density at radius 1 is 0.808 bits per heavy atom. The van der Waals surface area contributed by atoms with Gasteiger partial charge >= 0.3 is 0 Å². The molecule has 26 heavy (non-hydrogen) atoms. The minimum absolute atomic E-state index is 0.275. The molecule has 3 nitrogen and oxygen atoms in total. The van der Waals surface area contributed by atoms with E-state index >= 15 is 0 Å². The molecule has 1 amide bonds. The lowest BCUT2D eigenvalue weighted by Crippen LogP contribution is -2.59. The highest BCUT2D eigenvalue weighted by molar-refractivity contribution is 5.76. The number of nitrogens with one attached hydrogen (secondary N) is 1. The minimum Gasteiger partial charge on any atom is -0.353 e. The third-order valence-electron chi connectivity index (χ3n) is 6.62. The third-order valence-corrected chi connectivity index (χ3v) is 6.62. The highest BCUT2D eigenvalue weighted by Crippen LogP contribution is 2.55. The topological polar surface area (TPSA) is 55.1 Å². The van der Waals surface area contributed by atoms with Crippen LogP contribution in [0.1, 0.15) is 122 Å². The Morgan fingerprint density at radius 3 is 1.73 bits per heavy atom. The van der Waals surface area contributed by atoms with Crippen LogP contribution in [0.25, 0.3) is 0 Å². The second-order valence-corrected chi connectivity index (χ2v) is 9.33. The zero-order chi connectivity index (χ0) is 18.7. The van der Waals surface area contributed by atoms with Crippen molar-refractivity contribution >= 4 is 5.91 Å². The number of rotatable bonds is 15. The summed E-state index contributed by atoms with van der Waals surface area (Å²) in [5.74, 6) is 0.275. The van der Waals surface area contributed by atoms with Crippen LogP contribution in [-0.2, 0) is 4.79 Å². The Labute approximate surface area is 162 Å². The molecule has 0 radical (unpaired) electrons. The lowest BCUT2D eigenvalue weighted by atomic mass is 9.52. The van der Waals surface area contributed by atoms with Gasteiger partial charge in [0.25, 0.3) is 0 Å². The first-order valence-corrected chi connectivity index (χ1v) is 11.7. The van der Waals surface area contributed by atoms with E-state index in [1.807, 2.05) is 0 Å². The molecule has 2 fully saturated rings.